The highest BCUT2D eigenvalue weighted by Gasteiger charge is 2.34. The fourth-order valence-corrected chi connectivity index (χ4v) is 3.29. The van der Waals surface area contributed by atoms with Gasteiger partial charge in [0.2, 0.25) is 0 Å². The van der Waals surface area contributed by atoms with Crippen LogP contribution in [0.2, 0.25) is 0 Å². The van der Waals surface area contributed by atoms with Crippen molar-refractivity contribution >= 4 is 11.4 Å². The molecule has 2 saturated heterocycles. The number of nitrogens with zero attached hydrogens (tertiary/aromatic N) is 2. The number of benzene rings is 1. The van der Waals surface area contributed by atoms with E-state index in [2.05, 4.69) is 10.2 Å². The van der Waals surface area contributed by atoms with E-state index in [1.54, 1.807) is 6.07 Å². The van der Waals surface area contributed by atoms with Crippen LogP contribution >= 0.6 is 0 Å². The van der Waals surface area contributed by atoms with Gasteiger partial charge in [0.1, 0.15) is 5.69 Å². The van der Waals surface area contributed by atoms with E-state index in [0.29, 0.717) is 5.92 Å². The van der Waals surface area contributed by atoms with Gasteiger partial charge < -0.3 is 10.2 Å². The minimum absolute atomic E-state index is 0.231. The highest BCUT2D eigenvalue weighted by atomic mass is 16.6. The van der Waals surface area contributed by atoms with Crippen LogP contribution in [0, 0.1) is 28.9 Å². The van der Waals surface area contributed by atoms with Crippen LogP contribution in [-0.2, 0) is 0 Å². The molecule has 102 valence electrons. The highest BCUT2D eigenvalue weighted by molar-refractivity contribution is 5.64. The van der Waals surface area contributed by atoms with Crippen LogP contribution in [0.1, 0.15) is 12.0 Å². The third kappa shape index (κ3) is 2.30. The van der Waals surface area contributed by atoms with Crippen LogP contribution in [0.15, 0.2) is 18.2 Å². The van der Waals surface area contributed by atoms with Crippen LogP contribution in [0.5, 0.6) is 0 Å². The van der Waals surface area contributed by atoms with E-state index in [9.17, 15) is 10.1 Å². The van der Waals surface area contributed by atoms with Crippen molar-refractivity contribution in [2.45, 2.75) is 13.3 Å². The number of anilines is 1. The molecule has 2 atom stereocenters. The normalized spacial score (nSPS) is 26.3. The molecule has 2 aliphatic heterocycles. The third-order valence-electron chi connectivity index (χ3n) is 4.37. The molecule has 3 rings (SSSR count). The molecule has 1 aromatic carbocycles. The number of fused-ring (bicyclic) bond motifs is 1. The maximum absolute atomic E-state index is 11.2. The predicted molar refractivity (Wildman–Crippen MR) is 74.5 cm³/mol. The number of piperidine rings is 1. The molecule has 2 heterocycles. The molecule has 0 amide bonds. The monoisotopic (exact) mass is 261 g/mol. The second-order valence-electron chi connectivity index (χ2n) is 5.66. The van der Waals surface area contributed by atoms with E-state index in [4.69, 9.17) is 0 Å². The van der Waals surface area contributed by atoms with Crippen LogP contribution in [-0.4, -0.2) is 31.1 Å². The van der Waals surface area contributed by atoms with Crippen molar-refractivity contribution in [2.24, 2.45) is 11.8 Å². The predicted octanol–water partition coefficient (Wildman–Crippen LogP) is 1.95. The summed E-state index contributed by atoms with van der Waals surface area (Å²) < 4.78 is 0. The SMILES string of the molecule is Cc1ccc([N+](=O)[O-])c(N2CCC3CNCC3C2)c1. The van der Waals surface area contributed by atoms with Gasteiger partial charge in [-0.05, 0) is 49.9 Å². The molecule has 19 heavy (non-hydrogen) atoms. The summed E-state index contributed by atoms with van der Waals surface area (Å²) in [5, 5.41) is 14.6. The van der Waals surface area contributed by atoms with Crippen LogP contribution in [0.25, 0.3) is 0 Å². The summed E-state index contributed by atoms with van der Waals surface area (Å²) in [6, 6.07) is 5.38. The van der Waals surface area contributed by atoms with E-state index < -0.39 is 0 Å². The summed E-state index contributed by atoms with van der Waals surface area (Å²) >= 11 is 0. The molecule has 2 unspecified atom stereocenters. The molecule has 0 saturated carbocycles. The van der Waals surface area contributed by atoms with E-state index in [1.165, 1.54) is 0 Å². The molecule has 2 fully saturated rings. The number of rotatable bonds is 2. The molecule has 0 spiro atoms. The first-order valence-corrected chi connectivity index (χ1v) is 6.86. The average molecular weight is 261 g/mol. The second kappa shape index (κ2) is 4.81. The van der Waals surface area contributed by atoms with Gasteiger partial charge in [-0.25, -0.2) is 0 Å². The van der Waals surface area contributed by atoms with Gasteiger partial charge in [-0.3, -0.25) is 10.1 Å². The van der Waals surface area contributed by atoms with Gasteiger partial charge >= 0.3 is 0 Å². The van der Waals surface area contributed by atoms with E-state index in [0.717, 1.165) is 49.8 Å². The number of hydrogen-bond donors (Lipinski definition) is 1. The number of nitro groups is 1. The van der Waals surface area contributed by atoms with Crippen LogP contribution < -0.4 is 10.2 Å². The zero-order valence-electron chi connectivity index (χ0n) is 11.1. The van der Waals surface area contributed by atoms with Gasteiger partial charge in [-0.15, -0.1) is 0 Å². The lowest BCUT2D eigenvalue weighted by molar-refractivity contribution is -0.384. The van der Waals surface area contributed by atoms with Gasteiger partial charge in [-0.1, -0.05) is 6.07 Å². The van der Waals surface area contributed by atoms with E-state index >= 15 is 0 Å². The summed E-state index contributed by atoms with van der Waals surface area (Å²) in [6.45, 7) is 5.99. The fourth-order valence-electron chi connectivity index (χ4n) is 3.29. The van der Waals surface area contributed by atoms with E-state index in [1.807, 2.05) is 19.1 Å². The second-order valence-corrected chi connectivity index (χ2v) is 5.66. The van der Waals surface area contributed by atoms with Crippen molar-refractivity contribution in [3.05, 3.63) is 33.9 Å². The molecule has 2 aliphatic rings. The number of aryl methyl sites for hydroxylation is 1. The van der Waals surface area contributed by atoms with Gasteiger partial charge in [0, 0.05) is 19.2 Å². The molecule has 1 N–H and O–H groups in total. The Morgan fingerprint density at radius 3 is 2.95 bits per heavy atom. The zero-order chi connectivity index (χ0) is 13.4. The van der Waals surface area contributed by atoms with Gasteiger partial charge in [0.05, 0.1) is 4.92 Å². The molecule has 0 radical (unpaired) electrons. The highest BCUT2D eigenvalue weighted by Crippen LogP contribution is 2.35. The quantitative estimate of drug-likeness (QED) is 0.653. The average Bonchev–Trinajstić information content (AvgIpc) is 2.85. The van der Waals surface area contributed by atoms with Crippen molar-refractivity contribution in [1.29, 1.82) is 0 Å². The van der Waals surface area contributed by atoms with Crippen molar-refractivity contribution in [1.82, 2.24) is 5.32 Å². The maximum Gasteiger partial charge on any atom is 0.292 e. The van der Waals surface area contributed by atoms with Crippen molar-refractivity contribution in [3.8, 4) is 0 Å². The summed E-state index contributed by atoms with van der Waals surface area (Å²) in [7, 11) is 0. The Hall–Kier alpha value is -1.62. The van der Waals surface area contributed by atoms with Crippen molar-refractivity contribution in [3.63, 3.8) is 0 Å². The van der Waals surface area contributed by atoms with E-state index in [-0.39, 0.29) is 10.6 Å². The number of nitrogens with one attached hydrogen (secondary N) is 1. The molecule has 5 heteroatoms. The first-order valence-electron chi connectivity index (χ1n) is 6.86. The van der Waals surface area contributed by atoms with Gasteiger partial charge in [0.15, 0.2) is 0 Å². The summed E-state index contributed by atoms with van der Waals surface area (Å²) in [5.41, 5.74) is 2.10. The lowest BCUT2D eigenvalue weighted by Gasteiger charge is -2.35. The standard InChI is InChI=1S/C14H19N3O2/c1-10-2-3-13(17(18)19)14(6-10)16-5-4-11-7-15-8-12(11)9-16/h2-3,6,11-12,15H,4-5,7-9H2,1H3. The molecular weight excluding hydrogens is 242 g/mol. The Bertz CT molecular complexity index is 503. The largest absolute Gasteiger partial charge is 0.366 e. The Labute approximate surface area is 112 Å². The van der Waals surface area contributed by atoms with Crippen molar-refractivity contribution < 1.29 is 4.92 Å². The summed E-state index contributed by atoms with van der Waals surface area (Å²) in [6.07, 6.45) is 1.13. The first-order chi connectivity index (χ1) is 9.15. The minimum atomic E-state index is -0.270. The molecule has 1 aromatic rings. The van der Waals surface area contributed by atoms with Gasteiger partial charge in [-0.2, -0.15) is 0 Å². The topological polar surface area (TPSA) is 58.4 Å². The Kier molecular flexibility index (Phi) is 3.14. The van der Waals surface area contributed by atoms with Gasteiger partial charge in [0.25, 0.3) is 5.69 Å². The Balaban J connectivity index is 1.89. The summed E-state index contributed by atoms with van der Waals surface area (Å²) in [4.78, 5) is 13.1. The third-order valence-corrected chi connectivity index (χ3v) is 4.37. The van der Waals surface area contributed by atoms with Crippen LogP contribution in [0.4, 0.5) is 11.4 Å². The lowest BCUT2D eigenvalue weighted by Crippen LogP contribution is -2.40. The zero-order valence-corrected chi connectivity index (χ0v) is 11.1. The summed E-state index contributed by atoms with van der Waals surface area (Å²) in [5.74, 6) is 1.38. The van der Waals surface area contributed by atoms with Crippen molar-refractivity contribution in [2.75, 3.05) is 31.1 Å². The molecule has 5 nitrogen and oxygen atoms in total. The lowest BCUT2D eigenvalue weighted by atomic mass is 9.88. The smallest absolute Gasteiger partial charge is 0.292 e. The minimum Gasteiger partial charge on any atom is -0.366 e. The molecule has 0 aromatic heterocycles. The maximum atomic E-state index is 11.2. The molecular formula is C14H19N3O2. The molecule has 0 aliphatic carbocycles. The fraction of sp³-hybridized carbons (Fsp3) is 0.571. The first kappa shape index (κ1) is 12.4. The Morgan fingerprint density at radius 2 is 2.16 bits per heavy atom. The Morgan fingerprint density at radius 1 is 1.37 bits per heavy atom. The number of nitro benzene ring substituents is 1. The number of hydrogen-bond acceptors (Lipinski definition) is 4. The molecule has 0 bridgehead atoms. The van der Waals surface area contributed by atoms with Crippen LogP contribution in [0.3, 0.4) is 0 Å².